The minimum Gasteiger partial charge on any atom is -0.198 e. The van der Waals surface area contributed by atoms with Crippen LogP contribution in [-0.2, 0) is 0 Å². The van der Waals surface area contributed by atoms with Gasteiger partial charge in [-0.05, 0) is 25.2 Å². The first-order valence-corrected chi connectivity index (χ1v) is 3.63. The number of nitriles is 2. The SMILES string of the molecule is N#CC[C@H]1CC[C@H](C#N)C1. The van der Waals surface area contributed by atoms with Gasteiger partial charge in [0.15, 0.2) is 0 Å². The number of hydrogen-bond donors (Lipinski definition) is 0. The number of nitrogens with zero attached hydrogens (tertiary/aromatic N) is 2. The first-order chi connectivity index (χ1) is 4.86. The van der Waals surface area contributed by atoms with Gasteiger partial charge in [0, 0.05) is 12.3 Å². The van der Waals surface area contributed by atoms with E-state index in [0.717, 1.165) is 19.3 Å². The highest BCUT2D eigenvalue weighted by atomic mass is 14.3. The molecule has 1 aliphatic rings. The number of rotatable bonds is 1. The van der Waals surface area contributed by atoms with Gasteiger partial charge in [0.1, 0.15) is 0 Å². The fourth-order valence-electron chi connectivity index (χ4n) is 1.51. The van der Waals surface area contributed by atoms with Crippen LogP contribution in [0.2, 0.25) is 0 Å². The van der Waals surface area contributed by atoms with Crippen LogP contribution in [0.25, 0.3) is 0 Å². The predicted octanol–water partition coefficient (Wildman–Crippen LogP) is 1.84. The molecule has 10 heavy (non-hydrogen) atoms. The lowest BCUT2D eigenvalue weighted by molar-refractivity contribution is 0.548. The maximum atomic E-state index is 8.52. The molecule has 2 nitrogen and oxygen atoms in total. The van der Waals surface area contributed by atoms with Gasteiger partial charge in [-0.25, -0.2) is 0 Å². The van der Waals surface area contributed by atoms with Crippen molar-refractivity contribution in [3.63, 3.8) is 0 Å². The van der Waals surface area contributed by atoms with Crippen LogP contribution in [0.5, 0.6) is 0 Å². The zero-order valence-corrected chi connectivity index (χ0v) is 5.88. The molecule has 1 rings (SSSR count). The molecule has 52 valence electrons. The van der Waals surface area contributed by atoms with Gasteiger partial charge in [-0.2, -0.15) is 10.5 Å². The monoisotopic (exact) mass is 134 g/mol. The van der Waals surface area contributed by atoms with Gasteiger partial charge in [0.25, 0.3) is 0 Å². The summed E-state index contributed by atoms with van der Waals surface area (Å²) in [6.07, 6.45) is 3.66. The van der Waals surface area contributed by atoms with Gasteiger partial charge in [0.2, 0.25) is 0 Å². The van der Waals surface area contributed by atoms with E-state index in [1.54, 1.807) is 0 Å². The van der Waals surface area contributed by atoms with E-state index in [1.165, 1.54) is 0 Å². The van der Waals surface area contributed by atoms with Gasteiger partial charge in [-0.1, -0.05) is 0 Å². The van der Waals surface area contributed by atoms with Crippen molar-refractivity contribution < 1.29 is 0 Å². The molecule has 0 aromatic carbocycles. The second-order valence-electron chi connectivity index (χ2n) is 2.87. The van der Waals surface area contributed by atoms with Crippen molar-refractivity contribution >= 4 is 0 Å². The Hall–Kier alpha value is -1.02. The summed E-state index contributed by atoms with van der Waals surface area (Å²) in [5.41, 5.74) is 0. The summed E-state index contributed by atoms with van der Waals surface area (Å²) >= 11 is 0. The summed E-state index contributed by atoms with van der Waals surface area (Å²) in [6.45, 7) is 0. The van der Waals surface area contributed by atoms with E-state index in [9.17, 15) is 0 Å². The predicted molar refractivity (Wildman–Crippen MR) is 36.7 cm³/mol. The van der Waals surface area contributed by atoms with Gasteiger partial charge >= 0.3 is 0 Å². The second-order valence-corrected chi connectivity index (χ2v) is 2.87. The summed E-state index contributed by atoms with van der Waals surface area (Å²) in [5.74, 6) is 0.744. The van der Waals surface area contributed by atoms with E-state index in [4.69, 9.17) is 10.5 Å². The highest BCUT2D eigenvalue weighted by molar-refractivity contribution is 4.92. The molecule has 1 aliphatic carbocycles. The lowest BCUT2D eigenvalue weighted by Gasteiger charge is -1.99. The molecule has 0 unspecified atom stereocenters. The quantitative estimate of drug-likeness (QED) is 0.549. The molecule has 0 saturated heterocycles. The van der Waals surface area contributed by atoms with Crippen LogP contribution in [0.4, 0.5) is 0 Å². The third kappa shape index (κ3) is 1.48. The van der Waals surface area contributed by atoms with Crippen LogP contribution in [0.1, 0.15) is 25.7 Å². The minimum absolute atomic E-state index is 0.235. The van der Waals surface area contributed by atoms with Gasteiger partial charge in [-0.3, -0.25) is 0 Å². The second kappa shape index (κ2) is 3.22. The molecule has 2 atom stereocenters. The summed E-state index contributed by atoms with van der Waals surface area (Å²) in [4.78, 5) is 0. The fourth-order valence-corrected chi connectivity index (χ4v) is 1.51. The maximum absolute atomic E-state index is 8.52. The standard InChI is InChI=1S/C8H10N2/c9-4-3-7-1-2-8(5-7)6-10/h7-8H,1-3,5H2/t7-,8+/m1/s1. The van der Waals surface area contributed by atoms with E-state index in [-0.39, 0.29) is 5.92 Å². The van der Waals surface area contributed by atoms with Crippen molar-refractivity contribution in [2.24, 2.45) is 11.8 Å². The molecule has 0 amide bonds. The Bertz CT molecular complexity index is 184. The van der Waals surface area contributed by atoms with E-state index in [2.05, 4.69) is 12.1 Å². The van der Waals surface area contributed by atoms with E-state index in [1.807, 2.05) is 0 Å². The molecular formula is C8H10N2. The molecular weight excluding hydrogens is 124 g/mol. The largest absolute Gasteiger partial charge is 0.198 e. The fraction of sp³-hybridized carbons (Fsp3) is 0.750. The Kier molecular flexibility index (Phi) is 2.29. The highest BCUT2D eigenvalue weighted by Crippen LogP contribution is 2.31. The Morgan fingerprint density at radius 1 is 1.30 bits per heavy atom. The van der Waals surface area contributed by atoms with Crippen molar-refractivity contribution in [3.05, 3.63) is 0 Å². The summed E-state index contributed by atoms with van der Waals surface area (Å²) < 4.78 is 0. The van der Waals surface area contributed by atoms with Crippen molar-refractivity contribution in [1.82, 2.24) is 0 Å². The molecule has 0 aromatic rings. The molecule has 0 bridgehead atoms. The third-order valence-corrected chi connectivity index (χ3v) is 2.10. The van der Waals surface area contributed by atoms with Crippen LogP contribution < -0.4 is 0 Å². The smallest absolute Gasteiger partial charge is 0.0655 e. The van der Waals surface area contributed by atoms with Gasteiger partial charge in [-0.15, -0.1) is 0 Å². The van der Waals surface area contributed by atoms with Crippen molar-refractivity contribution in [2.45, 2.75) is 25.7 Å². The Morgan fingerprint density at radius 3 is 2.60 bits per heavy atom. The molecule has 2 heteroatoms. The highest BCUT2D eigenvalue weighted by Gasteiger charge is 2.23. The minimum atomic E-state index is 0.235. The Balaban J connectivity index is 2.32. The topological polar surface area (TPSA) is 47.6 Å². The first kappa shape index (κ1) is 7.09. The van der Waals surface area contributed by atoms with Crippen molar-refractivity contribution in [2.75, 3.05) is 0 Å². The molecule has 0 aromatic heterocycles. The van der Waals surface area contributed by atoms with Gasteiger partial charge in [0.05, 0.1) is 12.1 Å². The van der Waals surface area contributed by atoms with Crippen LogP contribution in [0.15, 0.2) is 0 Å². The van der Waals surface area contributed by atoms with Crippen molar-refractivity contribution in [3.8, 4) is 12.1 Å². The van der Waals surface area contributed by atoms with Crippen molar-refractivity contribution in [1.29, 1.82) is 10.5 Å². The molecule has 0 spiro atoms. The molecule has 0 radical (unpaired) electrons. The number of hydrogen-bond acceptors (Lipinski definition) is 2. The first-order valence-electron chi connectivity index (χ1n) is 3.63. The molecule has 0 heterocycles. The molecule has 1 fully saturated rings. The average molecular weight is 134 g/mol. The zero-order valence-electron chi connectivity index (χ0n) is 5.88. The van der Waals surface area contributed by atoms with Gasteiger partial charge < -0.3 is 0 Å². The third-order valence-electron chi connectivity index (χ3n) is 2.10. The van der Waals surface area contributed by atoms with Crippen LogP contribution >= 0.6 is 0 Å². The molecule has 0 aliphatic heterocycles. The Morgan fingerprint density at radius 2 is 2.10 bits per heavy atom. The molecule has 1 saturated carbocycles. The van der Waals surface area contributed by atoms with Crippen LogP contribution in [-0.4, -0.2) is 0 Å². The normalized spacial score (nSPS) is 31.0. The Labute approximate surface area is 61.1 Å². The van der Waals surface area contributed by atoms with E-state index < -0.39 is 0 Å². The summed E-state index contributed by atoms with van der Waals surface area (Å²) in [7, 11) is 0. The summed E-state index contributed by atoms with van der Waals surface area (Å²) in [5, 5.41) is 16.9. The zero-order chi connectivity index (χ0) is 7.40. The lowest BCUT2D eigenvalue weighted by Crippen LogP contribution is -1.92. The molecule has 0 N–H and O–H groups in total. The van der Waals surface area contributed by atoms with Crippen LogP contribution in [0.3, 0.4) is 0 Å². The van der Waals surface area contributed by atoms with E-state index >= 15 is 0 Å². The average Bonchev–Trinajstić information content (AvgIpc) is 2.37. The summed E-state index contributed by atoms with van der Waals surface area (Å²) in [6, 6.07) is 4.39. The lowest BCUT2D eigenvalue weighted by atomic mass is 10.0. The van der Waals surface area contributed by atoms with E-state index in [0.29, 0.717) is 12.3 Å². The van der Waals surface area contributed by atoms with Crippen LogP contribution in [0, 0.1) is 34.5 Å². The maximum Gasteiger partial charge on any atom is 0.0655 e.